The summed E-state index contributed by atoms with van der Waals surface area (Å²) in [5.74, 6) is 3.62. The van der Waals surface area contributed by atoms with E-state index < -0.39 is 0 Å². The van der Waals surface area contributed by atoms with Crippen LogP contribution in [0.2, 0.25) is 0 Å². The monoisotopic (exact) mass is 548 g/mol. The Balaban J connectivity index is 1.18. The molecule has 2 aromatic carbocycles. The van der Waals surface area contributed by atoms with Crippen molar-refractivity contribution in [3.63, 3.8) is 0 Å². The maximum absolute atomic E-state index is 12.8. The van der Waals surface area contributed by atoms with Crippen LogP contribution in [0.25, 0.3) is 10.9 Å². The molecule has 2 N–H and O–H groups in total. The van der Waals surface area contributed by atoms with Crippen LogP contribution < -0.4 is 29.9 Å². The Labute approximate surface area is 236 Å². The van der Waals surface area contributed by atoms with Crippen molar-refractivity contribution in [1.29, 1.82) is 0 Å². The van der Waals surface area contributed by atoms with E-state index in [4.69, 9.17) is 14.2 Å². The summed E-state index contributed by atoms with van der Waals surface area (Å²) in [6, 6.07) is 11.1. The summed E-state index contributed by atoms with van der Waals surface area (Å²) >= 11 is 0. The van der Waals surface area contributed by atoms with Gasteiger partial charge in [-0.2, -0.15) is 0 Å². The Morgan fingerprint density at radius 2 is 1.90 bits per heavy atom. The number of hydrogen-bond donors (Lipinski definition) is 2. The predicted molar refractivity (Wildman–Crippen MR) is 155 cm³/mol. The van der Waals surface area contributed by atoms with Crippen LogP contribution in [0.15, 0.2) is 42.7 Å². The van der Waals surface area contributed by atoms with Crippen LogP contribution in [0.1, 0.15) is 43.5 Å². The summed E-state index contributed by atoms with van der Waals surface area (Å²) in [7, 11) is 1.66. The number of nitrogens with zero attached hydrogens (tertiary/aromatic N) is 4. The Bertz CT molecular complexity index is 1270. The van der Waals surface area contributed by atoms with Gasteiger partial charge < -0.3 is 24.4 Å². The summed E-state index contributed by atoms with van der Waals surface area (Å²) in [5.41, 5.74) is 4.45. The Kier molecular flexibility index (Phi) is 9.18. The first-order chi connectivity index (χ1) is 19.5. The second-order valence-electron chi connectivity index (χ2n) is 10.7. The third-order valence-electron chi connectivity index (χ3n) is 7.40. The minimum Gasteiger partial charge on any atom is -0.493 e. The van der Waals surface area contributed by atoms with E-state index in [0.717, 1.165) is 47.9 Å². The van der Waals surface area contributed by atoms with Crippen molar-refractivity contribution in [3.05, 3.63) is 48.3 Å². The number of benzene rings is 2. The van der Waals surface area contributed by atoms with E-state index in [-0.39, 0.29) is 12.0 Å². The van der Waals surface area contributed by atoms with Gasteiger partial charge in [-0.25, -0.2) is 15.0 Å². The van der Waals surface area contributed by atoms with E-state index in [1.165, 1.54) is 12.8 Å². The summed E-state index contributed by atoms with van der Waals surface area (Å²) < 4.78 is 17.5. The minimum atomic E-state index is -0.130. The minimum absolute atomic E-state index is 0.0913. The van der Waals surface area contributed by atoms with Gasteiger partial charge in [-0.05, 0) is 82.4 Å². The molecular weight excluding hydrogens is 508 g/mol. The number of fused-ring (bicyclic) bond motifs is 1. The molecule has 0 bridgehead atoms. The molecule has 10 heteroatoms. The second-order valence-corrected chi connectivity index (χ2v) is 10.7. The van der Waals surface area contributed by atoms with Gasteiger partial charge in [-0.15, -0.1) is 0 Å². The number of carbonyl (C=O) groups excluding carboxylic acids is 1. The fourth-order valence-electron chi connectivity index (χ4n) is 5.28. The fraction of sp³-hybridized carbons (Fsp3) is 0.500. The van der Waals surface area contributed by atoms with Gasteiger partial charge in [0.05, 0.1) is 25.3 Å². The van der Waals surface area contributed by atoms with Gasteiger partial charge in [0.15, 0.2) is 11.5 Å². The van der Waals surface area contributed by atoms with Gasteiger partial charge in [0.1, 0.15) is 17.9 Å². The van der Waals surface area contributed by atoms with Gasteiger partial charge >= 0.3 is 0 Å². The van der Waals surface area contributed by atoms with Gasteiger partial charge in [0.25, 0.3) is 5.91 Å². The van der Waals surface area contributed by atoms with Gasteiger partial charge in [0, 0.05) is 43.2 Å². The maximum Gasteiger partial charge on any atom is 0.265 e. The van der Waals surface area contributed by atoms with Crippen molar-refractivity contribution < 1.29 is 19.0 Å². The molecule has 1 amide bonds. The molecule has 2 saturated heterocycles. The van der Waals surface area contributed by atoms with Crippen molar-refractivity contribution in [2.75, 3.05) is 57.9 Å². The maximum atomic E-state index is 12.8. The number of amides is 1. The Morgan fingerprint density at radius 3 is 2.60 bits per heavy atom. The fourth-order valence-corrected chi connectivity index (χ4v) is 5.28. The highest BCUT2D eigenvalue weighted by molar-refractivity contribution is 5.94. The Hall–Kier alpha value is -3.63. The van der Waals surface area contributed by atoms with Crippen molar-refractivity contribution in [1.82, 2.24) is 25.7 Å². The summed E-state index contributed by atoms with van der Waals surface area (Å²) in [6.07, 6.45) is 5.13. The number of piperazine rings is 1. The van der Waals surface area contributed by atoms with E-state index in [0.29, 0.717) is 49.8 Å². The van der Waals surface area contributed by atoms with Crippen molar-refractivity contribution >= 4 is 22.6 Å². The lowest BCUT2D eigenvalue weighted by Crippen LogP contribution is -2.53. The summed E-state index contributed by atoms with van der Waals surface area (Å²) in [5, 5.41) is 6.30. The van der Waals surface area contributed by atoms with Crippen molar-refractivity contribution in [3.8, 4) is 17.2 Å². The van der Waals surface area contributed by atoms with Crippen molar-refractivity contribution in [2.24, 2.45) is 5.92 Å². The third kappa shape index (κ3) is 6.92. The van der Waals surface area contributed by atoms with Gasteiger partial charge in [0.2, 0.25) is 0 Å². The zero-order chi connectivity index (χ0) is 27.9. The number of ether oxygens (including phenoxy) is 3. The van der Waals surface area contributed by atoms with Crippen LogP contribution >= 0.6 is 0 Å². The molecule has 5 rings (SSSR count). The smallest absolute Gasteiger partial charge is 0.265 e. The molecule has 2 aliphatic heterocycles. The van der Waals surface area contributed by atoms with Crippen LogP contribution in [0, 0.1) is 5.92 Å². The van der Waals surface area contributed by atoms with Crippen LogP contribution in [0.5, 0.6) is 17.2 Å². The second kappa shape index (κ2) is 13.1. The number of aromatic nitrogens is 2. The van der Waals surface area contributed by atoms with E-state index in [1.807, 2.05) is 43.1 Å². The van der Waals surface area contributed by atoms with Crippen LogP contribution in [0.4, 0.5) is 5.82 Å². The molecule has 2 fully saturated rings. The van der Waals surface area contributed by atoms with Gasteiger partial charge in [-0.1, -0.05) is 0 Å². The molecule has 1 unspecified atom stereocenters. The average molecular weight is 549 g/mol. The molecule has 2 aliphatic rings. The lowest BCUT2D eigenvalue weighted by molar-refractivity contribution is 0.0777. The standard InChI is InChI=1S/C30H40N6O4/c1-21(2)40-24-8-6-23(7-9-24)30(37)34-36-14-12-35(13-15-36)29-25-17-27(38-3)28(18-26(25)32-20-33-29)39-16-4-5-22-10-11-31-19-22/h6-9,17-18,20-22,31H,4-5,10-16,19H2,1-3H3,(H,34,37). The van der Waals surface area contributed by atoms with E-state index in [9.17, 15) is 4.79 Å². The molecule has 1 atom stereocenters. The lowest BCUT2D eigenvalue weighted by atomic mass is 10.0. The molecule has 10 nitrogen and oxygen atoms in total. The molecule has 40 heavy (non-hydrogen) atoms. The molecule has 0 aliphatic carbocycles. The quantitative estimate of drug-likeness (QED) is 0.348. The predicted octanol–water partition coefficient (Wildman–Crippen LogP) is 3.66. The molecule has 0 radical (unpaired) electrons. The molecule has 0 saturated carbocycles. The summed E-state index contributed by atoms with van der Waals surface area (Å²) in [6.45, 7) is 9.60. The number of carbonyl (C=O) groups is 1. The molecule has 3 aromatic rings. The van der Waals surface area contributed by atoms with Crippen LogP contribution in [-0.4, -0.2) is 80.0 Å². The van der Waals surface area contributed by atoms with Crippen LogP contribution in [0.3, 0.4) is 0 Å². The normalized spacial score (nSPS) is 17.8. The molecular formula is C30H40N6O4. The number of anilines is 1. The molecule has 3 heterocycles. The van der Waals surface area contributed by atoms with E-state index in [2.05, 4.69) is 25.6 Å². The number of hydrogen-bond acceptors (Lipinski definition) is 9. The first-order valence-corrected chi connectivity index (χ1v) is 14.2. The Morgan fingerprint density at radius 1 is 1.10 bits per heavy atom. The molecule has 214 valence electrons. The number of nitrogens with one attached hydrogen (secondary N) is 2. The number of rotatable bonds is 11. The number of methoxy groups -OCH3 is 1. The third-order valence-corrected chi connectivity index (χ3v) is 7.40. The SMILES string of the molecule is COc1cc2c(N3CCN(NC(=O)c4ccc(OC(C)C)cc4)CC3)ncnc2cc1OCCCC1CCNC1. The molecule has 0 spiro atoms. The van der Waals surface area contributed by atoms with Crippen molar-refractivity contribution in [2.45, 2.75) is 39.2 Å². The van der Waals surface area contributed by atoms with E-state index >= 15 is 0 Å². The first-order valence-electron chi connectivity index (χ1n) is 14.2. The molecule has 1 aromatic heterocycles. The topological polar surface area (TPSA) is 101 Å². The number of hydrazine groups is 1. The lowest BCUT2D eigenvalue weighted by Gasteiger charge is -2.35. The van der Waals surface area contributed by atoms with E-state index in [1.54, 1.807) is 25.6 Å². The average Bonchev–Trinajstić information content (AvgIpc) is 3.49. The van der Waals surface area contributed by atoms with Crippen LogP contribution in [-0.2, 0) is 0 Å². The summed E-state index contributed by atoms with van der Waals surface area (Å²) in [4.78, 5) is 24.1. The zero-order valence-corrected chi connectivity index (χ0v) is 23.7. The van der Waals surface area contributed by atoms with Gasteiger partial charge in [-0.3, -0.25) is 10.2 Å². The highest BCUT2D eigenvalue weighted by Crippen LogP contribution is 2.35. The highest BCUT2D eigenvalue weighted by Gasteiger charge is 2.23. The highest BCUT2D eigenvalue weighted by atomic mass is 16.5. The zero-order valence-electron chi connectivity index (χ0n) is 23.7. The largest absolute Gasteiger partial charge is 0.493 e. The first kappa shape index (κ1) is 27.9.